The molecule has 0 aliphatic carbocycles. The van der Waals surface area contributed by atoms with Crippen LogP contribution in [0.1, 0.15) is 11.7 Å². The van der Waals surface area contributed by atoms with Crippen LogP contribution in [0.5, 0.6) is 11.5 Å². The van der Waals surface area contributed by atoms with Crippen molar-refractivity contribution >= 4 is 11.6 Å². The van der Waals surface area contributed by atoms with E-state index in [1.807, 2.05) is 0 Å². The fourth-order valence-corrected chi connectivity index (χ4v) is 1.12. The van der Waals surface area contributed by atoms with Crippen LogP contribution in [-0.4, -0.2) is 21.9 Å². The molecule has 0 aliphatic heterocycles. The molecule has 1 unspecified atom stereocenters. The van der Waals surface area contributed by atoms with E-state index in [4.69, 9.17) is 17.3 Å². The average Bonchev–Trinajstić information content (AvgIpc) is 2.13. The summed E-state index contributed by atoms with van der Waals surface area (Å²) in [4.78, 5) is 0. The predicted molar refractivity (Wildman–Crippen MR) is 48.8 cm³/mol. The van der Waals surface area contributed by atoms with Crippen molar-refractivity contribution in [3.05, 3.63) is 22.7 Å². The van der Waals surface area contributed by atoms with Crippen molar-refractivity contribution in [3.63, 3.8) is 0 Å². The lowest BCUT2D eigenvalue weighted by Crippen LogP contribution is -2.11. The van der Waals surface area contributed by atoms with E-state index in [0.29, 0.717) is 0 Å². The van der Waals surface area contributed by atoms with Gasteiger partial charge in [0, 0.05) is 12.1 Å². The number of hydrogen-bond acceptors (Lipinski definition) is 4. The van der Waals surface area contributed by atoms with E-state index in [-0.39, 0.29) is 17.1 Å². The van der Waals surface area contributed by atoms with Gasteiger partial charge in [-0.05, 0) is 6.07 Å². The second-order valence-corrected chi connectivity index (χ2v) is 2.99. The lowest BCUT2D eigenvalue weighted by molar-refractivity contribution is 0.181. The first-order valence-corrected chi connectivity index (χ1v) is 4.04. The Hall–Kier alpha value is -0.970. The molecule has 0 amide bonds. The molecule has 0 spiro atoms. The van der Waals surface area contributed by atoms with Crippen molar-refractivity contribution in [2.75, 3.05) is 6.54 Å². The van der Waals surface area contributed by atoms with Crippen molar-refractivity contribution < 1.29 is 15.3 Å². The van der Waals surface area contributed by atoms with E-state index in [9.17, 15) is 15.3 Å². The number of aliphatic hydroxyl groups is 1. The van der Waals surface area contributed by atoms with Gasteiger partial charge in [0.1, 0.15) is 0 Å². The van der Waals surface area contributed by atoms with Crippen molar-refractivity contribution in [1.29, 1.82) is 0 Å². The zero-order valence-electron chi connectivity index (χ0n) is 6.74. The highest BCUT2D eigenvalue weighted by atomic mass is 35.5. The summed E-state index contributed by atoms with van der Waals surface area (Å²) in [6, 6.07) is 2.79. The summed E-state index contributed by atoms with van der Waals surface area (Å²) in [7, 11) is 0. The zero-order chi connectivity index (χ0) is 10.0. The SMILES string of the molecule is NCC(O)c1ccc(Cl)c(O)c1O. The molecule has 5 N–H and O–H groups in total. The van der Waals surface area contributed by atoms with Crippen LogP contribution >= 0.6 is 11.6 Å². The largest absolute Gasteiger partial charge is 0.504 e. The smallest absolute Gasteiger partial charge is 0.176 e. The normalized spacial score (nSPS) is 12.8. The summed E-state index contributed by atoms with van der Waals surface area (Å²) in [5.41, 5.74) is 5.36. The molecule has 0 saturated carbocycles. The minimum Gasteiger partial charge on any atom is -0.504 e. The Kier molecular flexibility index (Phi) is 2.98. The van der Waals surface area contributed by atoms with Crippen LogP contribution in [0, 0.1) is 0 Å². The third-order valence-corrected chi connectivity index (χ3v) is 2.02. The lowest BCUT2D eigenvalue weighted by atomic mass is 10.1. The van der Waals surface area contributed by atoms with Crippen molar-refractivity contribution in [3.8, 4) is 11.5 Å². The number of halogens is 1. The van der Waals surface area contributed by atoms with Gasteiger partial charge < -0.3 is 21.1 Å². The summed E-state index contributed by atoms with van der Waals surface area (Å²) >= 11 is 5.51. The Balaban J connectivity index is 3.18. The number of rotatable bonds is 2. The van der Waals surface area contributed by atoms with E-state index in [2.05, 4.69) is 0 Å². The Morgan fingerprint density at radius 1 is 1.31 bits per heavy atom. The number of phenols is 2. The predicted octanol–water partition coefficient (Wildman–Crippen LogP) is 0.743. The third kappa shape index (κ3) is 1.85. The topological polar surface area (TPSA) is 86.7 Å². The molecule has 0 fully saturated rings. The zero-order valence-corrected chi connectivity index (χ0v) is 7.49. The lowest BCUT2D eigenvalue weighted by Gasteiger charge is -2.11. The fourth-order valence-electron chi connectivity index (χ4n) is 0.966. The second kappa shape index (κ2) is 3.83. The summed E-state index contributed by atoms with van der Waals surface area (Å²) in [5.74, 6) is -0.864. The molecular weight excluding hydrogens is 194 g/mol. The van der Waals surface area contributed by atoms with Crippen molar-refractivity contribution in [1.82, 2.24) is 0 Å². The first-order valence-electron chi connectivity index (χ1n) is 3.66. The van der Waals surface area contributed by atoms with E-state index in [1.54, 1.807) is 0 Å². The van der Waals surface area contributed by atoms with Gasteiger partial charge in [-0.2, -0.15) is 0 Å². The van der Waals surface area contributed by atoms with Gasteiger partial charge in [-0.25, -0.2) is 0 Å². The van der Waals surface area contributed by atoms with Crippen molar-refractivity contribution in [2.45, 2.75) is 6.10 Å². The van der Waals surface area contributed by atoms with E-state index >= 15 is 0 Å². The monoisotopic (exact) mass is 203 g/mol. The molecule has 0 saturated heterocycles. The molecule has 0 radical (unpaired) electrons. The maximum Gasteiger partial charge on any atom is 0.176 e. The van der Waals surface area contributed by atoms with Gasteiger partial charge in [-0.3, -0.25) is 0 Å². The summed E-state index contributed by atoms with van der Waals surface area (Å²) in [5, 5.41) is 27.8. The van der Waals surface area contributed by atoms with Gasteiger partial charge in [0.15, 0.2) is 11.5 Å². The van der Waals surface area contributed by atoms with Gasteiger partial charge in [0.05, 0.1) is 11.1 Å². The number of aliphatic hydroxyl groups excluding tert-OH is 1. The van der Waals surface area contributed by atoms with Crippen molar-refractivity contribution in [2.24, 2.45) is 5.73 Å². The van der Waals surface area contributed by atoms with Crippen LogP contribution in [0.25, 0.3) is 0 Å². The minimum atomic E-state index is -0.997. The van der Waals surface area contributed by atoms with Gasteiger partial charge in [-0.1, -0.05) is 17.7 Å². The molecule has 1 rings (SSSR count). The summed E-state index contributed by atoms with van der Waals surface area (Å²) in [6.07, 6.45) is -0.997. The molecule has 0 bridgehead atoms. The van der Waals surface area contributed by atoms with Crippen LogP contribution in [-0.2, 0) is 0 Å². The Morgan fingerprint density at radius 2 is 1.92 bits per heavy atom. The molecule has 4 nitrogen and oxygen atoms in total. The Morgan fingerprint density at radius 3 is 2.46 bits per heavy atom. The van der Waals surface area contributed by atoms with Crippen LogP contribution < -0.4 is 5.73 Å². The quantitative estimate of drug-likeness (QED) is 0.534. The Bertz CT molecular complexity index is 317. The molecule has 1 aromatic carbocycles. The van der Waals surface area contributed by atoms with Crippen LogP contribution in [0.4, 0.5) is 0 Å². The summed E-state index contributed by atoms with van der Waals surface area (Å²) in [6.45, 7) is -0.0331. The maximum absolute atomic E-state index is 9.33. The van der Waals surface area contributed by atoms with E-state index in [1.165, 1.54) is 12.1 Å². The maximum atomic E-state index is 9.33. The van der Waals surface area contributed by atoms with Gasteiger partial charge in [-0.15, -0.1) is 0 Å². The van der Waals surface area contributed by atoms with Gasteiger partial charge in [0.25, 0.3) is 0 Å². The molecule has 72 valence electrons. The third-order valence-electron chi connectivity index (χ3n) is 1.72. The van der Waals surface area contributed by atoms with Crippen LogP contribution in [0.2, 0.25) is 5.02 Å². The molecule has 13 heavy (non-hydrogen) atoms. The highest BCUT2D eigenvalue weighted by Gasteiger charge is 2.15. The fraction of sp³-hybridized carbons (Fsp3) is 0.250. The molecule has 0 heterocycles. The first kappa shape index (κ1) is 10.1. The highest BCUT2D eigenvalue weighted by molar-refractivity contribution is 6.32. The van der Waals surface area contributed by atoms with E-state index in [0.717, 1.165) is 0 Å². The first-order chi connectivity index (χ1) is 6.07. The van der Waals surface area contributed by atoms with E-state index < -0.39 is 17.6 Å². The molecule has 5 heteroatoms. The number of phenolic OH excluding ortho intramolecular Hbond substituents is 2. The Labute approximate surface area is 80.2 Å². The summed E-state index contributed by atoms with van der Waals surface area (Å²) < 4.78 is 0. The number of aromatic hydroxyl groups is 2. The molecule has 0 aromatic heterocycles. The van der Waals surface area contributed by atoms with Crippen LogP contribution in [0.15, 0.2) is 12.1 Å². The molecule has 0 aliphatic rings. The number of nitrogens with two attached hydrogens (primary N) is 1. The van der Waals surface area contributed by atoms with Crippen LogP contribution in [0.3, 0.4) is 0 Å². The second-order valence-electron chi connectivity index (χ2n) is 2.59. The minimum absolute atomic E-state index is 0.0328. The standard InChI is InChI=1S/C8H10ClNO3/c9-5-2-1-4(6(11)3-10)7(12)8(5)13/h1-2,6,11-13H,3,10H2. The average molecular weight is 204 g/mol. The molecule has 1 atom stereocenters. The number of hydrogen-bond donors (Lipinski definition) is 4. The number of benzene rings is 1. The van der Waals surface area contributed by atoms with Gasteiger partial charge in [0.2, 0.25) is 0 Å². The molecule has 1 aromatic rings. The van der Waals surface area contributed by atoms with Gasteiger partial charge >= 0.3 is 0 Å². The highest BCUT2D eigenvalue weighted by Crippen LogP contribution is 2.38. The molecular formula is C8H10ClNO3.